The zero-order chi connectivity index (χ0) is 9.84. The maximum atomic E-state index is 10.8. The molecule has 0 fully saturated rings. The van der Waals surface area contributed by atoms with Crippen molar-refractivity contribution in [3.63, 3.8) is 0 Å². The van der Waals surface area contributed by atoms with Crippen LogP contribution in [0.25, 0.3) is 0 Å². The van der Waals surface area contributed by atoms with Gasteiger partial charge >= 0.3 is 6.09 Å². The van der Waals surface area contributed by atoms with Crippen molar-refractivity contribution in [3.05, 3.63) is 28.8 Å². The van der Waals surface area contributed by atoms with Crippen LogP contribution < -0.4 is 5.32 Å². The summed E-state index contributed by atoms with van der Waals surface area (Å²) in [6, 6.07) is 5.26. The van der Waals surface area contributed by atoms with Crippen LogP contribution in [0.1, 0.15) is 5.56 Å². The Kier molecular flexibility index (Phi) is 3.14. The van der Waals surface area contributed by atoms with Crippen LogP contribution in [0, 0.1) is 6.92 Å². The molecule has 0 aliphatic rings. The van der Waals surface area contributed by atoms with E-state index >= 15 is 0 Å². The highest BCUT2D eigenvalue weighted by Crippen LogP contribution is 2.19. The second-order valence-corrected chi connectivity index (χ2v) is 2.99. The van der Waals surface area contributed by atoms with Crippen molar-refractivity contribution >= 4 is 23.4 Å². The number of halogens is 1. The number of hydrogen-bond donors (Lipinski definition) is 1. The van der Waals surface area contributed by atoms with Crippen molar-refractivity contribution in [3.8, 4) is 0 Å². The van der Waals surface area contributed by atoms with Crippen molar-refractivity contribution in [1.29, 1.82) is 0 Å². The molecule has 1 amide bonds. The summed E-state index contributed by atoms with van der Waals surface area (Å²) >= 11 is 5.85. The van der Waals surface area contributed by atoms with E-state index in [0.29, 0.717) is 10.7 Å². The van der Waals surface area contributed by atoms with Crippen LogP contribution in [0.4, 0.5) is 10.5 Å². The second-order valence-electron chi connectivity index (χ2n) is 2.58. The second kappa shape index (κ2) is 4.14. The first kappa shape index (κ1) is 9.86. The average molecular weight is 200 g/mol. The van der Waals surface area contributed by atoms with E-state index in [2.05, 4.69) is 10.1 Å². The van der Waals surface area contributed by atoms with E-state index in [1.807, 2.05) is 13.0 Å². The number of carbonyl (C=O) groups is 1. The molecule has 1 N–H and O–H groups in total. The smallest absolute Gasteiger partial charge is 0.411 e. The SMILES string of the molecule is COC(=O)Nc1ccc(C)c(Cl)c1. The molecule has 3 nitrogen and oxygen atoms in total. The molecule has 70 valence electrons. The number of ether oxygens (including phenoxy) is 1. The van der Waals surface area contributed by atoms with Crippen molar-refractivity contribution in [2.75, 3.05) is 12.4 Å². The number of methoxy groups -OCH3 is 1. The largest absolute Gasteiger partial charge is 0.453 e. The highest BCUT2D eigenvalue weighted by atomic mass is 35.5. The van der Waals surface area contributed by atoms with E-state index in [4.69, 9.17) is 11.6 Å². The number of rotatable bonds is 1. The molecule has 0 saturated carbocycles. The van der Waals surface area contributed by atoms with Gasteiger partial charge in [0.25, 0.3) is 0 Å². The van der Waals surface area contributed by atoms with E-state index in [1.165, 1.54) is 7.11 Å². The molecule has 0 heterocycles. The highest BCUT2D eigenvalue weighted by molar-refractivity contribution is 6.31. The Balaban J connectivity index is 2.79. The predicted octanol–water partition coefficient (Wildman–Crippen LogP) is 2.83. The van der Waals surface area contributed by atoms with E-state index < -0.39 is 6.09 Å². The van der Waals surface area contributed by atoms with Gasteiger partial charge in [-0.25, -0.2) is 4.79 Å². The molecule has 13 heavy (non-hydrogen) atoms. The van der Waals surface area contributed by atoms with Crippen LogP contribution in [-0.2, 0) is 4.74 Å². The quantitative estimate of drug-likeness (QED) is 0.756. The fourth-order valence-electron chi connectivity index (χ4n) is 0.839. The molecular weight excluding hydrogens is 190 g/mol. The van der Waals surface area contributed by atoms with E-state index in [0.717, 1.165) is 5.56 Å². The monoisotopic (exact) mass is 199 g/mol. The molecule has 0 aromatic heterocycles. The maximum Gasteiger partial charge on any atom is 0.411 e. The van der Waals surface area contributed by atoms with Gasteiger partial charge in [0.05, 0.1) is 7.11 Å². The molecular formula is C9H10ClNO2. The fraction of sp³-hybridized carbons (Fsp3) is 0.222. The van der Waals surface area contributed by atoms with Gasteiger partial charge < -0.3 is 4.74 Å². The van der Waals surface area contributed by atoms with Gasteiger partial charge in [0, 0.05) is 10.7 Å². The summed E-state index contributed by atoms with van der Waals surface area (Å²) in [5.74, 6) is 0. The van der Waals surface area contributed by atoms with Gasteiger partial charge in [0.1, 0.15) is 0 Å². The van der Waals surface area contributed by atoms with Gasteiger partial charge in [-0.3, -0.25) is 5.32 Å². The normalized spacial score (nSPS) is 9.46. The van der Waals surface area contributed by atoms with Crippen LogP contribution in [-0.4, -0.2) is 13.2 Å². The summed E-state index contributed by atoms with van der Waals surface area (Å²) in [5.41, 5.74) is 1.60. The Morgan fingerprint density at radius 1 is 1.54 bits per heavy atom. The molecule has 0 atom stereocenters. The Labute approximate surface area is 81.7 Å². The maximum absolute atomic E-state index is 10.8. The van der Waals surface area contributed by atoms with Crippen LogP contribution in [0.3, 0.4) is 0 Å². The Morgan fingerprint density at radius 2 is 2.23 bits per heavy atom. The molecule has 0 spiro atoms. The predicted molar refractivity (Wildman–Crippen MR) is 52.2 cm³/mol. The molecule has 1 aromatic rings. The summed E-state index contributed by atoms with van der Waals surface area (Å²) < 4.78 is 4.43. The third-order valence-electron chi connectivity index (χ3n) is 1.60. The van der Waals surface area contributed by atoms with Crippen molar-refractivity contribution in [2.45, 2.75) is 6.92 Å². The van der Waals surface area contributed by atoms with Gasteiger partial charge in [-0.1, -0.05) is 17.7 Å². The minimum absolute atomic E-state index is 0.500. The lowest BCUT2D eigenvalue weighted by atomic mass is 10.2. The Bertz CT molecular complexity index is 325. The Hall–Kier alpha value is -1.22. The van der Waals surface area contributed by atoms with Crippen molar-refractivity contribution in [2.24, 2.45) is 0 Å². The van der Waals surface area contributed by atoms with Gasteiger partial charge in [-0.05, 0) is 24.6 Å². The van der Waals surface area contributed by atoms with Gasteiger partial charge in [0.15, 0.2) is 0 Å². The van der Waals surface area contributed by atoms with Gasteiger partial charge in [0.2, 0.25) is 0 Å². The van der Waals surface area contributed by atoms with Crippen molar-refractivity contribution in [1.82, 2.24) is 0 Å². The summed E-state index contributed by atoms with van der Waals surface area (Å²) in [5, 5.41) is 3.13. The van der Waals surface area contributed by atoms with Crippen LogP contribution >= 0.6 is 11.6 Å². The summed E-state index contributed by atoms with van der Waals surface area (Å²) in [6.07, 6.45) is -0.500. The molecule has 1 rings (SSSR count). The molecule has 0 unspecified atom stereocenters. The molecule has 0 radical (unpaired) electrons. The first-order chi connectivity index (χ1) is 6.13. The Morgan fingerprint density at radius 3 is 2.77 bits per heavy atom. The number of carbonyl (C=O) groups excluding carboxylic acids is 1. The molecule has 0 aliphatic heterocycles. The van der Waals surface area contributed by atoms with Crippen molar-refractivity contribution < 1.29 is 9.53 Å². The minimum Gasteiger partial charge on any atom is -0.453 e. The lowest BCUT2D eigenvalue weighted by Gasteiger charge is -2.04. The highest BCUT2D eigenvalue weighted by Gasteiger charge is 2.01. The first-order valence-corrected chi connectivity index (χ1v) is 4.12. The standard InChI is InChI=1S/C9H10ClNO2/c1-6-3-4-7(5-8(6)10)11-9(12)13-2/h3-5H,1-2H3,(H,11,12). The topological polar surface area (TPSA) is 38.3 Å². The third kappa shape index (κ3) is 2.63. The van der Waals surface area contributed by atoms with E-state index in [9.17, 15) is 4.79 Å². The first-order valence-electron chi connectivity index (χ1n) is 3.74. The number of hydrogen-bond acceptors (Lipinski definition) is 2. The molecule has 0 saturated heterocycles. The third-order valence-corrected chi connectivity index (χ3v) is 2.01. The lowest BCUT2D eigenvalue weighted by Crippen LogP contribution is -2.10. The molecule has 1 aromatic carbocycles. The summed E-state index contributed by atoms with van der Waals surface area (Å²) in [6.45, 7) is 1.89. The number of anilines is 1. The average Bonchev–Trinajstić information content (AvgIpc) is 2.11. The van der Waals surface area contributed by atoms with Crippen LogP contribution in [0.15, 0.2) is 18.2 Å². The lowest BCUT2D eigenvalue weighted by molar-refractivity contribution is 0.187. The van der Waals surface area contributed by atoms with Crippen LogP contribution in [0.5, 0.6) is 0 Å². The van der Waals surface area contributed by atoms with E-state index in [1.54, 1.807) is 12.1 Å². The summed E-state index contributed by atoms with van der Waals surface area (Å²) in [7, 11) is 1.31. The zero-order valence-corrected chi connectivity index (χ0v) is 8.18. The minimum atomic E-state index is -0.500. The molecule has 0 aliphatic carbocycles. The number of aryl methyl sites for hydroxylation is 1. The number of amides is 1. The van der Waals surface area contributed by atoms with E-state index in [-0.39, 0.29) is 0 Å². The zero-order valence-electron chi connectivity index (χ0n) is 7.43. The van der Waals surface area contributed by atoms with Gasteiger partial charge in [-0.15, -0.1) is 0 Å². The molecule has 4 heteroatoms. The number of benzene rings is 1. The number of nitrogens with one attached hydrogen (secondary N) is 1. The molecule has 0 bridgehead atoms. The fourth-order valence-corrected chi connectivity index (χ4v) is 1.02. The summed E-state index contributed by atoms with van der Waals surface area (Å²) in [4.78, 5) is 10.8. The van der Waals surface area contributed by atoms with Crippen LogP contribution in [0.2, 0.25) is 5.02 Å². The van der Waals surface area contributed by atoms with Gasteiger partial charge in [-0.2, -0.15) is 0 Å².